The van der Waals surface area contributed by atoms with Crippen LogP contribution in [0, 0.1) is 6.92 Å². The monoisotopic (exact) mass is 342 g/mol. The fourth-order valence-corrected chi connectivity index (χ4v) is 2.28. The Bertz CT molecular complexity index is 721. The van der Waals surface area contributed by atoms with Gasteiger partial charge in [0.15, 0.2) is 0 Å². The highest BCUT2D eigenvalue weighted by Gasteiger charge is 2.14. The van der Waals surface area contributed by atoms with Gasteiger partial charge in [-0.1, -0.05) is 32.9 Å². The summed E-state index contributed by atoms with van der Waals surface area (Å²) in [7, 11) is 1.59. The lowest BCUT2D eigenvalue weighted by molar-refractivity contribution is 0.0932. The molecule has 0 saturated heterocycles. The lowest BCUT2D eigenvalue weighted by Crippen LogP contribution is -2.28. The van der Waals surface area contributed by atoms with Gasteiger partial charge in [-0.2, -0.15) is 0 Å². The number of aromatic nitrogens is 2. The molecule has 0 bridgehead atoms. The SMILES string of the molecule is COCCNC(=O)c1cc(C)nc(Nc2ccc(C(C)(C)C)cc2)n1. The van der Waals surface area contributed by atoms with E-state index in [0.29, 0.717) is 24.8 Å². The number of anilines is 2. The van der Waals surface area contributed by atoms with Crippen molar-refractivity contribution in [3.8, 4) is 0 Å². The third kappa shape index (κ3) is 5.53. The number of methoxy groups -OCH3 is 1. The summed E-state index contributed by atoms with van der Waals surface area (Å²) >= 11 is 0. The molecule has 0 spiro atoms. The minimum absolute atomic E-state index is 0.103. The number of amides is 1. The molecule has 25 heavy (non-hydrogen) atoms. The van der Waals surface area contributed by atoms with Gasteiger partial charge in [-0.25, -0.2) is 9.97 Å². The van der Waals surface area contributed by atoms with Gasteiger partial charge in [-0.15, -0.1) is 0 Å². The number of ether oxygens (including phenoxy) is 1. The van der Waals surface area contributed by atoms with Gasteiger partial charge >= 0.3 is 0 Å². The molecule has 0 unspecified atom stereocenters. The molecule has 0 radical (unpaired) electrons. The van der Waals surface area contributed by atoms with Crippen LogP contribution in [0.3, 0.4) is 0 Å². The standard InChI is InChI=1S/C19H26N4O2/c1-13-12-16(17(24)20-10-11-25-5)23-18(21-13)22-15-8-6-14(7-9-15)19(2,3)4/h6-9,12H,10-11H2,1-5H3,(H,20,24)(H,21,22,23). The molecule has 6 nitrogen and oxygen atoms in total. The third-order valence-electron chi connectivity index (χ3n) is 3.69. The average Bonchev–Trinajstić information content (AvgIpc) is 2.54. The van der Waals surface area contributed by atoms with Crippen LogP contribution in [0.1, 0.15) is 42.5 Å². The van der Waals surface area contributed by atoms with E-state index in [1.807, 2.05) is 19.1 Å². The Morgan fingerprint density at radius 2 is 1.84 bits per heavy atom. The van der Waals surface area contributed by atoms with Crippen LogP contribution in [0.25, 0.3) is 0 Å². The highest BCUT2D eigenvalue weighted by atomic mass is 16.5. The maximum atomic E-state index is 12.1. The van der Waals surface area contributed by atoms with Gasteiger partial charge in [-0.05, 0) is 36.1 Å². The summed E-state index contributed by atoms with van der Waals surface area (Å²) in [5.74, 6) is 0.161. The van der Waals surface area contributed by atoms with Gasteiger partial charge in [0.05, 0.1) is 6.61 Å². The number of nitrogens with one attached hydrogen (secondary N) is 2. The fourth-order valence-electron chi connectivity index (χ4n) is 2.28. The smallest absolute Gasteiger partial charge is 0.270 e. The average molecular weight is 342 g/mol. The van der Waals surface area contributed by atoms with Crippen molar-refractivity contribution in [3.05, 3.63) is 47.3 Å². The Morgan fingerprint density at radius 3 is 2.44 bits per heavy atom. The first-order chi connectivity index (χ1) is 11.8. The number of carbonyl (C=O) groups excluding carboxylic acids is 1. The molecule has 1 aromatic heterocycles. The van der Waals surface area contributed by atoms with Crippen molar-refractivity contribution in [3.63, 3.8) is 0 Å². The van der Waals surface area contributed by atoms with Crippen molar-refractivity contribution < 1.29 is 9.53 Å². The van der Waals surface area contributed by atoms with Gasteiger partial charge < -0.3 is 15.4 Å². The second-order valence-electron chi connectivity index (χ2n) is 6.92. The molecule has 0 atom stereocenters. The van der Waals surface area contributed by atoms with Crippen molar-refractivity contribution >= 4 is 17.5 Å². The molecule has 1 aromatic carbocycles. The zero-order valence-corrected chi connectivity index (χ0v) is 15.5. The number of rotatable bonds is 6. The Kier molecular flexibility index (Phi) is 6.09. The fraction of sp³-hybridized carbons (Fsp3) is 0.421. The molecule has 0 aliphatic rings. The Balaban J connectivity index is 2.13. The van der Waals surface area contributed by atoms with E-state index >= 15 is 0 Å². The third-order valence-corrected chi connectivity index (χ3v) is 3.69. The van der Waals surface area contributed by atoms with Gasteiger partial charge in [0.2, 0.25) is 5.95 Å². The second kappa shape index (κ2) is 8.07. The summed E-state index contributed by atoms with van der Waals surface area (Å²) in [4.78, 5) is 20.8. The lowest BCUT2D eigenvalue weighted by Gasteiger charge is -2.19. The van der Waals surface area contributed by atoms with E-state index < -0.39 is 0 Å². The normalized spacial score (nSPS) is 11.2. The highest BCUT2D eigenvalue weighted by molar-refractivity contribution is 5.92. The Hall–Kier alpha value is -2.47. The molecule has 0 aliphatic carbocycles. The van der Waals surface area contributed by atoms with Crippen molar-refractivity contribution in [2.75, 3.05) is 25.6 Å². The molecule has 2 aromatic rings. The summed E-state index contributed by atoms with van der Waals surface area (Å²) in [6.45, 7) is 9.26. The zero-order chi connectivity index (χ0) is 18.4. The summed E-state index contributed by atoms with van der Waals surface area (Å²) in [5, 5.41) is 5.92. The lowest BCUT2D eigenvalue weighted by atomic mass is 9.87. The van der Waals surface area contributed by atoms with E-state index in [9.17, 15) is 4.79 Å². The van der Waals surface area contributed by atoms with E-state index in [1.54, 1.807) is 13.2 Å². The Morgan fingerprint density at radius 1 is 1.16 bits per heavy atom. The quantitative estimate of drug-likeness (QED) is 0.789. The molecule has 2 N–H and O–H groups in total. The number of carbonyl (C=O) groups is 1. The number of hydrogen-bond acceptors (Lipinski definition) is 5. The van der Waals surface area contributed by atoms with Crippen molar-refractivity contribution in [2.24, 2.45) is 0 Å². The summed E-state index contributed by atoms with van der Waals surface area (Å²) in [6, 6.07) is 9.80. The molecular weight excluding hydrogens is 316 g/mol. The first-order valence-corrected chi connectivity index (χ1v) is 8.30. The Labute approximate surface area is 149 Å². The molecule has 0 saturated carbocycles. The zero-order valence-electron chi connectivity index (χ0n) is 15.5. The van der Waals surface area contributed by atoms with E-state index in [1.165, 1.54) is 5.56 Å². The van der Waals surface area contributed by atoms with Crippen LogP contribution in [0.2, 0.25) is 0 Å². The molecule has 6 heteroatoms. The number of hydrogen-bond donors (Lipinski definition) is 2. The number of nitrogens with zero attached hydrogens (tertiary/aromatic N) is 2. The van der Waals surface area contributed by atoms with Crippen LogP contribution in [0.4, 0.5) is 11.6 Å². The van der Waals surface area contributed by atoms with Crippen molar-refractivity contribution in [1.29, 1.82) is 0 Å². The van der Waals surface area contributed by atoms with E-state index in [4.69, 9.17) is 4.74 Å². The predicted molar refractivity (Wildman–Crippen MR) is 99.4 cm³/mol. The van der Waals surface area contributed by atoms with Gasteiger partial charge in [-0.3, -0.25) is 4.79 Å². The number of benzene rings is 1. The van der Waals surface area contributed by atoms with Crippen LogP contribution < -0.4 is 10.6 Å². The highest BCUT2D eigenvalue weighted by Crippen LogP contribution is 2.24. The minimum Gasteiger partial charge on any atom is -0.383 e. The maximum Gasteiger partial charge on any atom is 0.270 e. The molecule has 134 valence electrons. The summed E-state index contributed by atoms with van der Waals surface area (Å²) in [5.41, 5.74) is 3.29. The molecule has 0 fully saturated rings. The van der Waals surface area contributed by atoms with Crippen LogP contribution >= 0.6 is 0 Å². The summed E-state index contributed by atoms with van der Waals surface area (Å²) in [6.07, 6.45) is 0. The molecular formula is C19H26N4O2. The van der Waals surface area contributed by atoms with E-state index in [-0.39, 0.29) is 11.3 Å². The van der Waals surface area contributed by atoms with Crippen molar-refractivity contribution in [2.45, 2.75) is 33.1 Å². The van der Waals surface area contributed by atoms with Gasteiger partial charge in [0.1, 0.15) is 5.69 Å². The first kappa shape index (κ1) is 18.9. The predicted octanol–water partition coefficient (Wildman–Crippen LogP) is 3.20. The molecule has 2 rings (SSSR count). The van der Waals surface area contributed by atoms with E-state index in [0.717, 1.165) is 11.4 Å². The maximum absolute atomic E-state index is 12.1. The van der Waals surface area contributed by atoms with Crippen LogP contribution in [0.15, 0.2) is 30.3 Å². The molecule has 1 heterocycles. The summed E-state index contributed by atoms with van der Waals surface area (Å²) < 4.78 is 4.93. The van der Waals surface area contributed by atoms with Gasteiger partial charge in [0, 0.05) is 25.0 Å². The first-order valence-electron chi connectivity index (χ1n) is 8.30. The molecule has 0 aliphatic heterocycles. The van der Waals surface area contributed by atoms with E-state index in [2.05, 4.69) is 53.5 Å². The molecule has 1 amide bonds. The van der Waals surface area contributed by atoms with Crippen LogP contribution in [0.5, 0.6) is 0 Å². The second-order valence-corrected chi connectivity index (χ2v) is 6.92. The minimum atomic E-state index is -0.242. The van der Waals surface area contributed by atoms with Crippen LogP contribution in [-0.4, -0.2) is 36.1 Å². The van der Waals surface area contributed by atoms with Crippen molar-refractivity contribution in [1.82, 2.24) is 15.3 Å². The number of aryl methyl sites for hydroxylation is 1. The topological polar surface area (TPSA) is 76.1 Å². The van der Waals surface area contributed by atoms with Crippen LogP contribution in [-0.2, 0) is 10.2 Å². The largest absolute Gasteiger partial charge is 0.383 e. The van der Waals surface area contributed by atoms with Gasteiger partial charge in [0.25, 0.3) is 5.91 Å².